The number of nitrogens with zero attached hydrogens (tertiary/aromatic N) is 1. The third-order valence-electron chi connectivity index (χ3n) is 2.56. The van der Waals surface area contributed by atoms with Crippen molar-refractivity contribution in [2.75, 3.05) is 5.32 Å². The Bertz CT molecular complexity index is 546. The van der Waals surface area contributed by atoms with E-state index in [1.54, 1.807) is 12.4 Å². The van der Waals surface area contributed by atoms with E-state index in [1.165, 1.54) is 12.1 Å². The zero-order valence-electron chi connectivity index (χ0n) is 9.62. The summed E-state index contributed by atoms with van der Waals surface area (Å²) in [6.07, 6.45) is 3.36. The van der Waals surface area contributed by atoms with Crippen molar-refractivity contribution in [3.63, 3.8) is 0 Å². The van der Waals surface area contributed by atoms with Gasteiger partial charge in [0.2, 0.25) is 0 Å². The molecule has 2 nitrogen and oxygen atoms in total. The minimum Gasteiger partial charge on any atom is -0.377 e. The minimum absolute atomic E-state index is 0.0476. The molecule has 0 fully saturated rings. The van der Waals surface area contributed by atoms with Gasteiger partial charge < -0.3 is 5.32 Å². The maximum atomic E-state index is 13.4. The summed E-state index contributed by atoms with van der Waals surface area (Å²) < 4.78 is 13.4. The van der Waals surface area contributed by atoms with Gasteiger partial charge in [0.1, 0.15) is 5.82 Å². The summed E-state index contributed by atoms with van der Waals surface area (Å²) in [4.78, 5) is 3.99. The predicted molar refractivity (Wildman–Crippen MR) is 72.7 cm³/mol. The highest BCUT2D eigenvalue weighted by molar-refractivity contribution is 6.36. The van der Waals surface area contributed by atoms with E-state index in [1.807, 2.05) is 19.1 Å². The lowest BCUT2D eigenvalue weighted by atomic mass is 10.1. The van der Waals surface area contributed by atoms with E-state index in [9.17, 15) is 4.39 Å². The normalized spacial score (nSPS) is 12.2. The Hall–Kier alpha value is -1.32. The summed E-state index contributed by atoms with van der Waals surface area (Å²) in [5.74, 6) is -0.476. The lowest BCUT2D eigenvalue weighted by molar-refractivity contribution is 0.624. The fourth-order valence-electron chi connectivity index (χ4n) is 1.71. The molecule has 0 radical (unpaired) electrons. The molecule has 0 bridgehead atoms. The summed E-state index contributed by atoms with van der Waals surface area (Å²) in [5, 5.41) is 3.65. The quantitative estimate of drug-likeness (QED) is 0.827. The van der Waals surface area contributed by atoms with Crippen molar-refractivity contribution in [2.24, 2.45) is 0 Å². The maximum absolute atomic E-state index is 13.4. The largest absolute Gasteiger partial charge is 0.377 e. The van der Waals surface area contributed by atoms with Gasteiger partial charge in [-0.15, -0.1) is 0 Å². The molecule has 5 heteroatoms. The summed E-state index contributed by atoms with van der Waals surface area (Å²) in [5.41, 5.74) is 1.36. The summed E-state index contributed by atoms with van der Waals surface area (Å²) in [6.45, 7) is 1.86. The smallest absolute Gasteiger partial charge is 0.142 e. The van der Waals surface area contributed by atoms with E-state index >= 15 is 0 Å². The molecule has 1 atom stereocenters. The van der Waals surface area contributed by atoms with Crippen molar-refractivity contribution in [3.05, 3.63) is 58.1 Å². The zero-order chi connectivity index (χ0) is 13.1. The summed E-state index contributed by atoms with van der Waals surface area (Å²) >= 11 is 12.0. The van der Waals surface area contributed by atoms with E-state index in [-0.39, 0.29) is 11.1 Å². The Morgan fingerprint density at radius 1 is 1.28 bits per heavy atom. The Kier molecular flexibility index (Phi) is 4.04. The third-order valence-corrected chi connectivity index (χ3v) is 3.27. The lowest BCUT2D eigenvalue weighted by Crippen LogP contribution is -2.08. The average Bonchev–Trinajstić information content (AvgIpc) is 2.36. The van der Waals surface area contributed by atoms with Gasteiger partial charge in [0.05, 0.1) is 16.8 Å². The molecule has 0 aliphatic heterocycles. The molecule has 18 heavy (non-hydrogen) atoms. The SMILES string of the molecule is CC(Nc1cccnc1)c1c(Cl)ccc(F)c1Cl. The molecule has 0 aliphatic carbocycles. The number of nitrogens with one attached hydrogen (secondary N) is 1. The Morgan fingerprint density at radius 2 is 2.06 bits per heavy atom. The van der Waals surface area contributed by atoms with Gasteiger partial charge in [0.15, 0.2) is 0 Å². The standard InChI is InChI=1S/C13H11Cl2FN2/c1-8(18-9-3-2-6-17-7-9)12-10(14)4-5-11(16)13(12)15/h2-8,18H,1H3. The molecule has 2 rings (SSSR count). The Balaban J connectivity index is 2.29. The van der Waals surface area contributed by atoms with Gasteiger partial charge in [-0.05, 0) is 31.2 Å². The molecule has 1 unspecified atom stereocenters. The van der Waals surface area contributed by atoms with Gasteiger partial charge in [-0.25, -0.2) is 4.39 Å². The van der Waals surface area contributed by atoms with Crippen LogP contribution in [0.15, 0.2) is 36.7 Å². The Labute approximate surface area is 115 Å². The van der Waals surface area contributed by atoms with Crippen LogP contribution in [0.2, 0.25) is 10.0 Å². The highest BCUT2D eigenvalue weighted by atomic mass is 35.5. The van der Waals surface area contributed by atoms with Crippen molar-refractivity contribution in [2.45, 2.75) is 13.0 Å². The fraction of sp³-hybridized carbons (Fsp3) is 0.154. The van der Waals surface area contributed by atoms with Crippen LogP contribution in [0.5, 0.6) is 0 Å². The first-order chi connectivity index (χ1) is 8.59. The van der Waals surface area contributed by atoms with E-state index in [0.29, 0.717) is 10.6 Å². The molecule has 0 saturated carbocycles. The van der Waals surface area contributed by atoms with Crippen LogP contribution in [0.25, 0.3) is 0 Å². The summed E-state index contributed by atoms with van der Waals surface area (Å²) in [7, 11) is 0. The third kappa shape index (κ3) is 2.74. The van der Waals surface area contributed by atoms with E-state index < -0.39 is 5.82 Å². The van der Waals surface area contributed by atoms with Crippen LogP contribution < -0.4 is 5.32 Å². The van der Waals surface area contributed by atoms with Gasteiger partial charge in [-0.1, -0.05) is 23.2 Å². The molecule has 0 spiro atoms. The van der Waals surface area contributed by atoms with Crippen LogP contribution in [0.4, 0.5) is 10.1 Å². The van der Waals surface area contributed by atoms with Crippen molar-refractivity contribution < 1.29 is 4.39 Å². The Morgan fingerprint density at radius 3 is 2.72 bits per heavy atom. The van der Waals surface area contributed by atoms with Crippen LogP contribution in [0, 0.1) is 5.82 Å². The topological polar surface area (TPSA) is 24.9 Å². The number of hydrogen-bond donors (Lipinski definition) is 1. The first kappa shape index (κ1) is 13.1. The second-order valence-corrected chi connectivity index (χ2v) is 4.65. The molecule has 0 saturated heterocycles. The first-order valence-corrected chi connectivity index (χ1v) is 6.15. The van der Waals surface area contributed by atoms with Gasteiger partial charge in [0, 0.05) is 23.0 Å². The van der Waals surface area contributed by atoms with Crippen molar-refractivity contribution in [1.82, 2.24) is 4.98 Å². The number of pyridine rings is 1. The van der Waals surface area contributed by atoms with Gasteiger partial charge in [0.25, 0.3) is 0 Å². The van der Waals surface area contributed by atoms with Gasteiger partial charge in [-0.2, -0.15) is 0 Å². The maximum Gasteiger partial charge on any atom is 0.142 e. The highest BCUT2D eigenvalue weighted by Crippen LogP contribution is 2.33. The molecule has 2 aromatic rings. The van der Waals surface area contributed by atoms with E-state index in [0.717, 1.165) is 5.69 Å². The van der Waals surface area contributed by atoms with Crippen LogP contribution >= 0.6 is 23.2 Å². The predicted octanol–water partition coefficient (Wildman–Crippen LogP) is 4.70. The van der Waals surface area contributed by atoms with Crippen LogP contribution in [-0.2, 0) is 0 Å². The molecular weight excluding hydrogens is 274 g/mol. The number of rotatable bonds is 3. The number of anilines is 1. The molecule has 1 aromatic heterocycles. The average molecular weight is 285 g/mol. The first-order valence-electron chi connectivity index (χ1n) is 5.39. The number of halogens is 3. The van der Waals surface area contributed by atoms with Crippen molar-refractivity contribution in [1.29, 1.82) is 0 Å². The van der Waals surface area contributed by atoms with Crippen molar-refractivity contribution in [3.8, 4) is 0 Å². The molecule has 0 aliphatic rings. The van der Waals surface area contributed by atoms with E-state index in [2.05, 4.69) is 10.3 Å². The van der Waals surface area contributed by atoms with Crippen molar-refractivity contribution >= 4 is 28.9 Å². The molecule has 1 N–H and O–H groups in total. The zero-order valence-corrected chi connectivity index (χ0v) is 11.1. The lowest BCUT2D eigenvalue weighted by Gasteiger charge is -2.18. The second kappa shape index (κ2) is 5.55. The van der Waals surface area contributed by atoms with Gasteiger partial charge in [-0.3, -0.25) is 4.98 Å². The van der Waals surface area contributed by atoms with Crippen LogP contribution in [0.1, 0.15) is 18.5 Å². The molecule has 94 valence electrons. The molecular formula is C13H11Cl2FN2. The van der Waals surface area contributed by atoms with Crippen LogP contribution in [-0.4, -0.2) is 4.98 Å². The number of aromatic nitrogens is 1. The summed E-state index contributed by atoms with van der Waals surface area (Å²) in [6, 6.07) is 6.21. The number of benzene rings is 1. The number of hydrogen-bond acceptors (Lipinski definition) is 2. The second-order valence-electron chi connectivity index (χ2n) is 3.86. The molecule has 1 heterocycles. The minimum atomic E-state index is -0.476. The monoisotopic (exact) mass is 284 g/mol. The van der Waals surface area contributed by atoms with Gasteiger partial charge >= 0.3 is 0 Å². The highest BCUT2D eigenvalue weighted by Gasteiger charge is 2.16. The van der Waals surface area contributed by atoms with Crippen LogP contribution in [0.3, 0.4) is 0 Å². The molecule has 1 aromatic carbocycles. The molecule has 0 amide bonds. The fourth-order valence-corrected chi connectivity index (χ4v) is 2.41. The van der Waals surface area contributed by atoms with E-state index in [4.69, 9.17) is 23.2 Å².